The second-order valence-electron chi connectivity index (χ2n) is 11.0. The molecule has 3 heterocycles. The highest BCUT2D eigenvalue weighted by atomic mass is 32.2. The zero-order valence-corrected chi connectivity index (χ0v) is 24.1. The monoisotopic (exact) mass is 594 g/mol. The van der Waals surface area contributed by atoms with Gasteiger partial charge in [0.1, 0.15) is 5.75 Å². The number of amides is 2. The van der Waals surface area contributed by atoms with Crippen LogP contribution >= 0.6 is 0 Å². The van der Waals surface area contributed by atoms with E-state index in [0.29, 0.717) is 31.9 Å². The maximum absolute atomic E-state index is 13.3. The van der Waals surface area contributed by atoms with E-state index < -0.39 is 9.84 Å². The third kappa shape index (κ3) is 5.72. The molecule has 1 unspecified atom stereocenters. The molecule has 1 saturated carbocycles. The molecule has 1 aromatic heterocycles. The van der Waals surface area contributed by atoms with Crippen LogP contribution in [-0.4, -0.2) is 73.2 Å². The minimum Gasteiger partial charge on any atom is -0.493 e. The minimum absolute atomic E-state index is 0.000485. The number of hydrogen-bond acceptors (Lipinski definition) is 9. The van der Waals surface area contributed by atoms with E-state index >= 15 is 0 Å². The fourth-order valence-electron chi connectivity index (χ4n) is 6.12. The topological polar surface area (TPSA) is 132 Å². The number of sulfone groups is 1. The van der Waals surface area contributed by atoms with E-state index in [9.17, 15) is 18.0 Å². The van der Waals surface area contributed by atoms with Crippen molar-refractivity contribution < 1.29 is 32.1 Å². The lowest BCUT2D eigenvalue weighted by Gasteiger charge is -2.45. The van der Waals surface area contributed by atoms with Crippen LogP contribution in [0.2, 0.25) is 0 Å². The number of nitrogens with zero attached hydrogens (tertiary/aromatic N) is 4. The van der Waals surface area contributed by atoms with Crippen molar-refractivity contribution in [3.63, 3.8) is 0 Å². The van der Waals surface area contributed by atoms with Gasteiger partial charge in [-0.1, -0.05) is 43.5 Å². The van der Waals surface area contributed by atoms with E-state index in [1.807, 2.05) is 23.1 Å². The van der Waals surface area contributed by atoms with Crippen molar-refractivity contribution in [3.05, 3.63) is 59.7 Å². The number of piperazine rings is 1. The zero-order chi connectivity index (χ0) is 29.1. The van der Waals surface area contributed by atoms with Gasteiger partial charge in [0.25, 0.3) is 10.9 Å². The molecule has 0 N–H and O–H groups in total. The molecule has 2 amide bonds. The number of hydrogen-bond donors (Lipinski definition) is 0. The Morgan fingerprint density at radius 1 is 1.00 bits per heavy atom. The Hall–Kier alpha value is -3.93. The molecule has 6 rings (SSSR count). The van der Waals surface area contributed by atoms with Crippen LogP contribution in [0.25, 0.3) is 0 Å². The van der Waals surface area contributed by atoms with Crippen molar-refractivity contribution in [1.82, 2.24) is 20.1 Å². The summed E-state index contributed by atoms with van der Waals surface area (Å²) in [5.74, 6) is 0.613. The smallest absolute Gasteiger partial charge is 0.295 e. The van der Waals surface area contributed by atoms with Gasteiger partial charge in [0, 0.05) is 25.4 Å². The highest BCUT2D eigenvalue weighted by Crippen LogP contribution is 2.36. The molecule has 2 fully saturated rings. The quantitative estimate of drug-likeness (QED) is 0.341. The van der Waals surface area contributed by atoms with E-state index in [0.717, 1.165) is 43.2 Å². The van der Waals surface area contributed by atoms with Gasteiger partial charge < -0.3 is 19.3 Å². The van der Waals surface area contributed by atoms with Crippen LogP contribution in [0, 0.1) is 5.92 Å². The largest absolute Gasteiger partial charge is 0.493 e. The maximum atomic E-state index is 13.3. The van der Waals surface area contributed by atoms with Crippen LogP contribution in [0.4, 0.5) is 0 Å². The van der Waals surface area contributed by atoms with Crippen LogP contribution in [0.15, 0.2) is 63.1 Å². The van der Waals surface area contributed by atoms with Crippen LogP contribution in [-0.2, 0) is 25.8 Å². The first-order valence-corrected chi connectivity index (χ1v) is 16.0. The third-order valence-electron chi connectivity index (χ3n) is 8.32. The fraction of sp³-hybridized carbons (Fsp3) is 0.467. The zero-order valence-electron chi connectivity index (χ0n) is 23.3. The third-order valence-corrected chi connectivity index (χ3v) is 9.97. The number of benzene rings is 2. The molecule has 42 heavy (non-hydrogen) atoms. The van der Waals surface area contributed by atoms with Gasteiger partial charge in [0.05, 0.1) is 30.7 Å². The summed E-state index contributed by atoms with van der Waals surface area (Å²) in [5.41, 5.74) is 2.19. The predicted octanol–water partition coefficient (Wildman–Crippen LogP) is 3.60. The molecule has 12 heteroatoms. The number of rotatable bonds is 9. The van der Waals surface area contributed by atoms with Crippen LogP contribution in [0.5, 0.6) is 11.6 Å². The summed E-state index contributed by atoms with van der Waals surface area (Å²) < 4.78 is 41.9. The summed E-state index contributed by atoms with van der Waals surface area (Å²) in [7, 11) is -3.93. The second kappa shape index (κ2) is 12.1. The lowest BCUT2D eigenvalue weighted by molar-refractivity contribution is -0.152. The molecule has 11 nitrogen and oxygen atoms in total. The molecular formula is C30H34N4O7S. The Bertz CT molecular complexity index is 1540. The van der Waals surface area contributed by atoms with Crippen molar-refractivity contribution in [2.45, 2.75) is 60.9 Å². The van der Waals surface area contributed by atoms with Gasteiger partial charge in [0.2, 0.25) is 21.7 Å². The Balaban J connectivity index is 1.06. The van der Waals surface area contributed by atoms with Gasteiger partial charge in [-0.2, -0.15) is 0 Å². The molecule has 222 valence electrons. The first kappa shape index (κ1) is 28.2. The first-order chi connectivity index (χ1) is 20.4. The summed E-state index contributed by atoms with van der Waals surface area (Å²) in [4.78, 5) is 30.1. The molecule has 3 aromatic rings. The van der Waals surface area contributed by atoms with Crippen LogP contribution in [0.3, 0.4) is 0 Å². The Labute approximate surface area is 244 Å². The SMILES string of the molecule is O=C(C1CCCCC1)N1CC(=O)N2CCc3ccc(OCCCOc4nonc4S(=O)(=O)c4ccccc4)cc3C2C1. The number of fused-ring (bicyclic) bond motifs is 3. The molecule has 3 aliphatic rings. The summed E-state index contributed by atoms with van der Waals surface area (Å²) in [6, 6.07) is 13.6. The first-order valence-electron chi connectivity index (χ1n) is 14.5. The number of carbonyl (C=O) groups is 2. The van der Waals surface area contributed by atoms with Crippen molar-refractivity contribution in [2.24, 2.45) is 5.92 Å². The highest BCUT2D eigenvalue weighted by molar-refractivity contribution is 7.91. The van der Waals surface area contributed by atoms with Crippen molar-refractivity contribution in [1.29, 1.82) is 0 Å². The summed E-state index contributed by atoms with van der Waals surface area (Å²) in [5, 5.41) is 6.80. The van der Waals surface area contributed by atoms with Gasteiger partial charge in [-0.15, -0.1) is 0 Å². The van der Waals surface area contributed by atoms with Crippen molar-refractivity contribution in [2.75, 3.05) is 32.8 Å². The summed E-state index contributed by atoms with van der Waals surface area (Å²) in [6.07, 6.45) is 6.36. The average Bonchev–Trinajstić information content (AvgIpc) is 3.51. The second-order valence-corrected chi connectivity index (χ2v) is 12.9. The standard InChI is InChI=1S/C30H34N4O7S/c35-27-20-33(30(36)22-8-3-1-4-9-22)19-26-25-18-23(13-12-21(25)14-15-34(26)27)39-16-7-17-40-28-29(32-41-31-28)42(37,38)24-10-5-2-6-11-24/h2,5-6,10-13,18,22,26H,1,3-4,7-9,14-17,19-20H2. The Morgan fingerprint density at radius 2 is 1.79 bits per heavy atom. The molecule has 0 radical (unpaired) electrons. The van der Waals surface area contributed by atoms with E-state index in [4.69, 9.17) is 9.47 Å². The minimum atomic E-state index is -3.93. The molecule has 0 spiro atoms. The van der Waals surface area contributed by atoms with Gasteiger partial charge in [-0.05, 0) is 65.0 Å². The molecule has 2 aliphatic heterocycles. The van der Waals surface area contributed by atoms with Gasteiger partial charge >= 0.3 is 0 Å². The average molecular weight is 595 g/mol. The summed E-state index contributed by atoms with van der Waals surface area (Å²) >= 11 is 0. The lowest BCUT2D eigenvalue weighted by Crippen LogP contribution is -2.56. The number of carbonyl (C=O) groups excluding carboxylic acids is 2. The van der Waals surface area contributed by atoms with E-state index in [2.05, 4.69) is 14.9 Å². The van der Waals surface area contributed by atoms with Crippen molar-refractivity contribution in [3.8, 4) is 11.6 Å². The normalized spacial score (nSPS) is 19.2. The van der Waals surface area contributed by atoms with E-state index in [1.165, 1.54) is 18.6 Å². The Morgan fingerprint density at radius 3 is 2.60 bits per heavy atom. The molecular weight excluding hydrogens is 560 g/mol. The number of ether oxygens (including phenoxy) is 2. The van der Waals surface area contributed by atoms with Crippen molar-refractivity contribution >= 4 is 21.7 Å². The van der Waals surface area contributed by atoms with Gasteiger partial charge in [-0.25, -0.2) is 13.0 Å². The molecule has 1 atom stereocenters. The fourth-order valence-corrected chi connectivity index (χ4v) is 7.31. The van der Waals surface area contributed by atoms with Gasteiger partial charge in [0.15, 0.2) is 0 Å². The number of aromatic nitrogens is 2. The lowest BCUT2D eigenvalue weighted by atomic mass is 9.86. The van der Waals surface area contributed by atoms with Crippen LogP contribution < -0.4 is 9.47 Å². The highest BCUT2D eigenvalue weighted by Gasteiger charge is 2.40. The maximum Gasteiger partial charge on any atom is 0.295 e. The molecule has 2 aromatic carbocycles. The van der Waals surface area contributed by atoms with E-state index in [-0.39, 0.29) is 52.7 Å². The van der Waals surface area contributed by atoms with Gasteiger partial charge in [-0.3, -0.25) is 9.59 Å². The van der Waals surface area contributed by atoms with E-state index in [1.54, 1.807) is 23.1 Å². The Kier molecular flexibility index (Phi) is 8.14. The summed E-state index contributed by atoms with van der Waals surface area (Å²) in [6.45, 7) is 1.76. The van der Waals surface area contributed by atoms with Crippen LogP contribution in [0.1, 0.15) is 55.7 Å². The molecule has 1 aliphatic carbocycles. The predicted molar refractivity (Wildman–Crippen MR) is 150 cm³/mol. The molecule has 1 saturated heterocycles. The molecule has 0 bridgehead atoms.